The van der Waals surface area contributed by atoms with Gasteiger partial charge in [-0.15, -0.1) is 11.3 Å². The summed E-state index contributed by atoms with van der Waals surface area (Å²) in [6, 6.07) is 19.3. The molecule has 8 heteroatoms. The van der Waals surface area contributed by atoms with E-state index in [2.05, 4.69) is 10.3 Å². The van der Waals surface area contributed by atoms with Crippen LogP contribution in [-0.4, -0.2) is 26.2 Å². The van der Waals surface area contributed by atoms with Gasteiger partial charge < -0.3 is 5.32 Å². The number of anilines is 1. The van der Waals surface area contributed by atoms with E-state index in [1.165, 1.54) is 23.1 Å². The molecule has 0 unspecified atom stereocenters. The molecule has 0 aliphatic carbocycles. The zero-order valence-electron chi connectivity index (χ0n) is 17.8. The second-order valence-corrected chi connectivity index (χ2v) is 9.62. The van der Waals surface area contributed by atoms with E-state index in [1.807, 2.05) is 67.6 Å². The SMILES string of the molecule is Cc1cccc(NC(=O)CSc2nc3c(sc4ccccc43)c(=O)n2Cc2cccnc2)c1. The molecule has 0 saturated carbocycles. The third kappa shape index (κ3) is 4.53. The lowest BCUT2D eigenvalue weighted by Crippen LogP contribution is -2.24. The van der Waals surface area contributed by atoms with Crippen molar-refractivity contribution in [3.63, 3.8) is 0 Å². The van der Waals surface area contributed by atoms with Crippen LogP contribution in [0.25, 0.3) is 20.3 Å². The molecule has 0 atom stereocenters. The summed E-state index contributed by atoms with van der Waals surface area (Å²) in [4.78, 5) is 35.1. The number of thiophene rings is 1. The number of nitrogens with zero attached hydrogens (tertiary/aromatic N) is 3. The fraction of sp³-hybridized carbons (Fsp3) is 0.120. The van der Waals surface area contributed by atoms with Gasteiger partial charge >= 0.3 is 0 Å². The monoisotopic (exact) mass is 472 g/mol. The van der Waals surface area contributed by atoms with E-state index in [-0.39, 0.29) is 17.2 Å². The summed E-state index contributed by atoms with van der Waals surface area (Å²) < 4.78 is 3.28. The van der Waals surface area contributed by atoms with Gasteiger partial charge in [0.05, 0.1) is 17.8 Å². The van der Waals surface area contributed by atoms with Crippen molar-refractivity contribution in [3.8, 4) is 0 Å². The number of benzene rings is 2. The van der Waals surface area contributed by atoms with E-state index in [0.29, 0.717) is 21.9 Å². The molecule has 0 radical (unpaired) electrons. The normalized spacial score (nSPS) is 11.2. The van der Waals surface area contributed by atoms with Gasteiger partial charge in [-0.2, -0.15) is 0 Å². The van der Waals surface area contributed by atoms with Crippen LogP contribution in [0.4, 0.5) is 5.69 Å². The van der Waals surface area contributed by atoms with Crippen LogP contribution in [-0.2, 0) is 11.3 Å². The first-order chi connectivity index (χ1) is 16.1. The second-order valence-electron chi connectivity index (χ2n) is 7.63. The molecule has 2 aromatic carbocycles. The average molecular weight is 473 g/mol. The summed E-state index contributed by atoms with van der Waals surface area (Å²) in [5.74, 6) is -0.0101. The predicted molar refractivity (Wildman–Crippen MR) is 135 cm³/mol. The smallest absolute Gasteiger partial charge is 0.272 e. The summed E-state index contributed by atoms with van der Waals surface area (Å²) in [5.41, 5.74) is 3.30. The van der Waals surface area contributed by atoms with Gasteiger partial charge in [-0.3, -0.25) is 19.1 Å². The molecule has 6 nitrogen and oxygen atoms in total. The summed E-state index contributed by atoms with van der Waals surface area (Å²) in [7, 11) is 0. The van der Waals surface area contributed by atoms with Gasteiger partial charge in [-0.25, -0.2) is 4.98 Å². The van der Waals surface area contributed by atoms with Crippen LogP contribution < -0.4 is 10.9 Å². The number of carbonyl (C=O) groups is 1. The lowest BCUT2D eigenvalue weighted by atomic mass is 10.2. The highest BCUT2D eigenvalue weighted by Gasteiger charge is 2.17. The van der Waals surface area contributed by atoms with Crippen molar-refractivity contribution in [2.24, 2.45) is 0 Å². The highest BCUT2D eigenvalue weighted by atomic mass is 32.2. The Hall–Kier alpha value is -3.49. The van der Waals surface area contributed by atoms with Crippen LogP contribution in [0.2, 0.25) is 0 Å². The van der Waals surface area contributed by atoms with Crippen LogP contribution in [0.5, 0.6) is 0 Å². The number of nitrogens with one attached hydrogen (secondary N) is 1. The van der Waals surface area contributed by atoms with Crippen molar-refractivity contribution in [2.45, 2.75) is 18.6 Å². The number of thioether (sulfide) groups is 1. The van der Waals surface area contributed by atoms with Crippen LogP contribution >= 0.6 is 23.1 Å². The quantitative estimate of drug-likeness (QED) is 0.275. The zero-order valence-corrected chi connectivity index (χ0v) is 19.5. The Balaban J connectivity index is 1.51. The Morgan fingerprint density at radius 3 is 2.82 bits per heavy atom. The van der Waals surface area contributed by atoms with E-state index in [4.69, 9.17) is 4.98 Å². The molecule has 3 heterocycles. The van der Waals surface area contributed by atoms with Gasteiger partial charge in [0, 0.05) is 28.2 Å². The van der Waals surface area contributed by atoms with Gasteiger partial charge in [0.2, 0.25) is 5.91 Å². The Morgan fingerprint density at radius 2 is 2.00 bits per heavy atom. The molecular formula is C25H20N4O2S2. The fourth-order valence-corrected chi connectivity index (χ4v) is 5.51. The van der Waals surface area contributed by atoms with E-state index in [1.54, 1.807) is 17.0 Å². The minimum atomic E-state index is -0.150. The molecule has 1 amide bonds. The van der Waals surface area contributed by atoms with Gasteiger partial charge in [0.15, 0.2) is 5.16 Å². The van der Waals surface area contributed by atoms with Crippen LogP contribution in [0.15, 0.2) is 83.0 Å². The van der Waals surface area contributed by atoms with Gasteiger partial charge in [0.25, 0.3) is 5.56 Å². The van der Waals surface area contributed by atoms with Crippen LogP contribution in [0.1, 0.15) is 11.1 Å². The molecule has 1 N–H and O–H groups in total. The molecule has 164 valence electrons. The standard InChI is InChI=1S/C25H20N4O2S2/c1-16-6-4-8-18(12-16)27-21(30)15-32-25-28-22-19-9-2-3-10-20(19)33-23(22)24(31)29(25)14-17-7-5-11-26-13-17/h2-13H,14-15H2,1H3,(H,27,30). The molecular weight excluding hydrogens is 452 g/mol. The number of fused-ring (bicyclic) bond motifs is 3. The number of rotatable bonds is 6. The third-order valence-corrected chi connectivity index (χ3v) is 7.27. The number of carbonyl (C=O) groups excluding carboxylic acids is 1. The summed E-state index contributed by atoms with van der Waals surface area (Å²) in [6.07, 6.45) is 3.44. The number of pyridine rings is 1. The van der Waals surface area contributed by atoms with Crippen molar-refractivity contribution >= 4 is 55.0 Å². The summed E-state index contributed by atoms with van der Waals surface area (Å²) in [5, 5.41) is 4.38. The molecule has 0 fully saturated rings. The van der Waals surface area contributed by atoms with Gasteiger partial charge in [0.1, 0.15) is 4.70 Å². The minimum absolute atomic E-state index is 0.105. The predicted octanol–water partition coefficient (Wildman–Crippen LogP) is 5.09. The first kappa shape index (κ1) is 21.4. The molecule has 0 saturated heterocycles. The number of hydrogen-bond donors (Lipinski definition) is 1. The highest BCUT2D eigenvalue weighted by Crippen LogP contribution is 2.32. The lowest BCUT2D eigenvalue weighted by molar-refractivity contribution is -0.113. The maximum atomic E-state index is 13.5. The molecule has 5 rings (SSSR count). The number of hydrogen-bond acceptors (Lipinski definition) is 6. The molecule has 0 aliphatic heterocycles. The zero-order chi connectivity index (χ0) is 22.8. The van der Waals surface area contributed by atoms with Gasteiger partial charge in [-0.1, -0.05) is 48.2 Å². The van der Waals surface area contributed by atoms with E-state index >= 15 is 0 Å². The number of aromatic nitrogens is 3. The van der Waals surface area contributed by atoms with Crippen molar-refractivity contribution in [3.05, 3.63) is 94.5 Å². The van der Waals surface area contributed by atoms with E-state index in [9.17, 15) is 9.59 Å². The minimum Gasteiger partial charge on any atom is -0.325 e. The van der Waals surface area contributed by atoms with Crippen molar-refractivity contribution in [2.75, 3.05) is 11.1 Å². The van der Waals surface area contributed by atoms with E-state index < -0.39 is 0 Å². The molecule has 5 aromatic rings. The first-order valence-electron chi connectivity index (χ1n) is 10.4. The number of aryl methyl sites for hydroxylation is 1. The highest BCUT2D eigenvalue weighted by molar-refractivity contribution is 7.99. The Morgan fingerprint density at radius 1 is 1.12 bits per heavy atom. The molecule has 0 aliphatic rings. The summed E-state index contributed by atoms with van der Waals surface area (Å²) in [6.45, 7) is 2.32. The Bertz CT molecular complexity index is 1530. The second kappa shape index (κ2) is 9.17. The van der Waals surface area contributed by atoms with Gasteiger partial charge in [-0.05, 0) is 42.3 Å². The molecule has 3 aromatic heterocycles. The van der Waals surface area contributed by atoms with E-state index in [0.717, 1.165) is 26.9 Å². The first-order valence-corrected chi connectivity index (χ1v) is 12.2. The molecule has 0 bridgehead atoms. The third-order valence-electron chi connectivity index (χ3n) is 5.14. The van der Waals surface area contributed by atoms with Crippen molar-refractivity contribution in [1.29, 1.82) is 0 Å². The molecule has 0 spiro atoms. The van der Waals surface area contributed by atoms with Crippen molar-refractivity contribution < 1.29 is 4.79 Å². The summed E-state index contributed by atoms with van der Waals surface area (Å²) >= 11 is 2.71. The van der Waals surface area contributed by atoms with Crippen molar-refractivity contribution in [1.82, 2.24) is 14.5 Å². The average Bonchev–Trinajstić information content (AvgIpc) is 3.19. The maximum Gasteiger partial charge on any atom is 0.272 e. The van der Waals surface area contributed by atoms with Crippen LogP contribution in [0, 0.1) is 6.92 Å². The lowest BCUT2D eigenvalue weighted by Gasteiger charge is -2.12. The number of amides is 1. The maximum absolute atomic E-state index is 13.5. The fourth-order valence-electron chi connectivity index (χ4n) is 3.63. The molecule has 33 heavy (non-hydrogen) atoms. The Kier molecular flexibility index (Phi) is 5.93. The van der Waals surface area contributed by atoms with Crippen LogP contribution in [0.3, 0.4) is 0 Å². The largest absolute Gasteiger partial charge is 0.325 e. The Labute approximate surface area is 198 Å². The topological polar surface area (TPSA) is 76.9 Å².